The Balaban J connectivity index is 1.73. The lowest BCUT2D eigenvalue weighted by molar-refractivity contribution is 0.0767. The van der Waals surface area contributed by atoms with Crippen molar-refractivity contribution in [1.82, 2.24) is 9.88 Å². The van der Waals surface area contributed by atoms with Gasteiger partial charge in [0.1, 0.15) is 11.9 Å². The van der Waals surface area contributed by atoms with Gasteiger partial charge in [-0.05, 0) is 30.0 Å². The minimum Gasteiger partial charge on any atom is -0.354 e. The van der Waals surface area contributed by atoms with Crippen LogP contribution >= 0.6 is 11.3 Å². The molecule has 3 heterocycles. The van der Waals surface area contributed by atoms with E-state index in [0.29, 0.717) is 18.7 Å². The smallest absolute Gasteiger partial charge is 0.254 e. The van der Waals surface area contributed by atoms with Crippen molar-refractivity contribution < 1.29 is 4.79 Å². The second kappa shape index (κ2) is 6.58. The summed E-state index contributed by atoms with van der Waals surface area (Å²) in [5.74, 6) is 0.805. The highest BCUT2D eigenvalue weighted by atomic mass is 32.1. The molecule has 1 fully saturated rings. The van der Waals surface area contributed by atoms with Crippen LogP contribution in [0.2, 0.25) is 0 Å². The predicted octanol–water partition coefficient (Wildman–Crippen LogP) is 2.37. The highest BCUT2D eigenvalue weighted by Crippen LogP contribution is 2.19. The normalized spacial score (nSPS) is 15.2. The van der Waals surface area contributed by atoms with E-state index in [1.165, 1.54) is 11.3 Å². The molecule has 2 aromatic rings. The Morgan fingerprint density at radius 2 is 2.18 bits per heavy atom. The summed E-state index contributed by atoms with van der Waals surface area (Å²) in [7, 11) is 0. The van der Waals surface area contributed by atoms with Crippen molar-refractivity contribution in [2.24, 2.45) is 0 Å². The number of hydrogen-bond donors (Lipinski definition) is 0. The zero-order valence-electron chi connectivity index (χ0n) is 12.1. The molecule has 0 aromatic carbocycles. The first-order valence-corrected chi connectivity index (χ1v) is 8.15. The Bertz CT molecular complexity index is 692. The largest absolute Gasteiger partial charge is 0.354 e. The van der Waals surface area contributed by atoms with Gasteiger partial charge in [-0.1, -0.05) is 0 Å². The molecule has 0 atom stereocenters. The minimum absolute atomic E-state index is 0.0876. The molecule has 1 amide bonds. The standard InChI is InChI=1S/C16H16N4OS/c17-11-13-3-1-5-18-15(13)19-6-2-7-20(9-8-19)16(21)14-4-10-22-12-14/h1,3-5,10,12H,2,6-9H2. The first kappa shape index (κ1) is 14.5. The van der Waals surface area contributed by atoms with Crippen LogP contribution in [0.15, 0.2) is 35.2 Å². The lowest BCUT2D eigenvalue weighted by Crippen LogP contribution is -2.35. The molecule has 1 aliphatic heterocycles. The van der Waals surface area contributed by atoms with Gasteiger partial charge in [0.2, 0.25) is 0 Å². The van der Waals surface area contributed by atoms with E-state index in [9.17, 15) is 10.1 Å². The van der Waals surface area contributed by atoms with Gasteiger partial charge >= 0.3 is 0 Å². The van der Waals surface area contributed by atoms with Gasteiger partial charge in [-0.2, -0.15) is 16.6 Å². The summed E-state index contributed by atoms with van der Waals surface area (Å²) in [4.78, 5) is 20.7. The van der Waals surface area contributed by atoms with Crippen LogP contribution in [0.5, 0.6) is 0 Å². The summed E-state index contributed by atoms with van der Waals surface area (Å²) in [6.45, 7) is 2.89. The van der Waals surface area contributed by atoms with E-state index in [-0.39, 0.29) is 5.91 Å². The molecule has 22 heavy (non-hydrogen) atoms. The quantitative estimate of drug-likeness (QED) is 0.854. The fourth-order valence-electron chi connectivity index (χ4n) is 2.64. The fourth-order valence-corrected chi connectivity index (χ4v) is 3.27. The van der Waals surface area contributed by atoms with Crippen molar-refractivity contribution in [2.75, 3.05) is 31.1 Å². The molecule has 1 aliphatic rings. The molecule has 0 N–H and O–H groups in total. The fraction of sp³-hybridized carbons (Fsp3) is 0.312. The van der Waals surface area contributed by atoms with Crippen molar-refractivity contribution in [2.45, 2.75) is 6.42 Å². The zero-order chi connectivity index (χ0) is 15.4. The Hall–Kier alpha value is -2.39. The van der Waals surface area contributed by atoms with Crippen LogP contribution in [0.4, 0.5) is 5.82 Å². The monoisotopic (exact) mass is 312 g/mol. The van der Waals surface area contributed by atoms with E-state index in [1.54, 1.807) is 18.3 Å². The molecule has 5 nitrogen and oxygen atoms in total. The number of nitrogens with zero attached hydrogens (tertiary/aromatic N) is 4. The van der Waals surface area contributed by atoms with Gasteiger partial charge in [0.15, 0.2) is 0 Å². The molecule has 0 aliphatic carbocycles. The lowest BCUT2D eigenvalue weighted by atomic mass is 10.2. The molecular weight excluding hydrogens is 296 g/mol. The maximum absolute atomic E-state index is 12.4. The second-order valence-electron chi connectivity index (χ2n) is 5.13. The molecule has 0 unspecified atom stereocenters. The third kappa shape index (κ3) is 2.95. The molecule has 112 valence electrons. The number of carbonyl (C=O) groups is 1. The first-order valence-electron chi connectivity index (χ1n) is 7.21. The molecule has 6 heteroatoms. The number of thiophene rings is 1. The van der Waals surface area contributed by atoms with Gasteiger partial charge < -0.3 is 9.80 Å². The Morgan fingerprint density at radius 1 is 1.27 bits per heavy atom. The van der Waals surface area contributed by atoms with Gasteiger partial charge in [0.25, 0.3) is 5.91 Å². The summed E-state index contributed by atoms with van der Waals surface area (Å²) in [6, 6.07) is 7.60. The molecule has 1 saturated heterocycles. The Morgan fingerprint density at radius 3 is 2.95 bits per heavy atom. The topological polar surface area (TPSA) is 60.2 Å². The number of carbonyl (C=O) groups excluding carboxylic acids is 1. The maximum Gasteiger partial charge on any atom is 0.254 e. The van der Waals surface area contributed by atoms with E-state index in [4.69, 9.17) is 0 Å². The van der Waals surface area contributed by atoms with E-state index < -0.39 is 0 Å². The van der Waals surface area contributed by atoms with Crippen LogP contribution < -0.4 is 4.90 Å². The number of pyridine rings is 1. The predicted molar refractivity (Wildman–Crippen MR) is 86.0 cm³/mol. The van der Waals surface area contributed by atoms with Crippen LogP contribution in [0, 0.1) is 11.3 Å². The average molecular weight is 312 g/mol. The maximum atomic E-state index is 12.4. The minimum atomic E-state index is 0.0876. The number of hydrogen-bond acceptors (Lipinski definition) is 5. The van der Waals surface area contributed by atoms with Crippen molar-refractivity contribution in [3.8, 4) is 6.07 Å². The number of rotatable bonds is 2. The van der Waals surface area contributed by atoms with Crippen LogP contribution in [0.25, 0.3) is 0 Å². The van der Waals surface area contributed by atoms with Gasteiger partial charge in [-0.15, -0.1) is 0 Å². The molecule has 0 saturated carbocycles. The summed E-state index contributed by atoms with van der Waals surface area (Å²) >= 11 is 1.54. The SMILES string of the molecule is N#Cc1cccnc1N1CCCN(C(=O)c2ccsc2)CC1. The summed E-state index contributed by atoms with van der Waals surface area (Å²) in [5, 5.41) is 13.0. The number of nitriles is 1. The van der Waals surface area contributed by atoms with Gasteiger partial charge in [0, 0.05) is 37.8 Å². The van der Waals surface area contributed by atoms with E-state index in [0.717, 1.165) is 30.9 Å². The first-order chi connectivity index (χ1) is 10.8. The number of aromatic nitrogens is 1. The lowest BCUT2D eigenvalue weighted by Gasteiger charge is -2.23. The molecule has 0 spiro atoms. The summed E-state index contributed by atoms with van der Waals surface area (Å²) in [6.07, 6.45) is 2.58. The molecular formula is C16H16N4OS. The van der Waals surface area contributed by atoms with Crippen LogP contribution in [0.3, 0.4) is 0 Å². The molecule has 0 radical (unpaired) electrons. The third-order valence-electron chi connectivity index (χ3n) is 3.76. The summed E-state index contributed by atoms with van der Waals surface area (Å²) in [5.41, 5.74) is 1.34. The molecule has 3 rings (SSSR count). The third-order valence-corrected chi connectivity index (χ3v) is 4.44. The van der Waals surface area contributed by atoms with Gasteiger partial charge in [-0.3, -0.25) is 4.79 Å². The van der Waals surface area contributed by atoms with Crippen LogP contribution in [0.1, 0.15) is 22.3 Å². The average Bonchev–Trinajstić information content (AvgIpc) is 2.99. The zero-order valence-corrected chi connectivity index (χ0v) is 12.9. The number of amides is 1. The van der Waals surface area contributed by atoms with Crippen molar-refractivity contribution >= 4 is 23.1 Å². The molecule has 2 aromatic heterocycles. The number of anilines is 1. The van der Waals surface area contributed by atoms with Crippen molar-refractivity contribution in [3.63, 3.8) is 0 Å². The highest BCUT2D eigenvalue weighted by Gasteiger charge is 2.22. The highest BCUT2D eigenvalue weighted by molar-refractivity contribution is 7.08. The van der Waals surface area contributed by atoms with Gasteiger partial charge in [-0.25, -0.2) is 4.98 Å². The Labute approximate surface area is 133 Å². The van der Waals surface area contributed by atoms with E-state index in [1.807, 2.05) is 21.7 Å². The Kier molecular flexibility index (Phi) is 4.35. The van der Waals surface area contributed by atoms with Crippen molar-refractivity contribution in [3.05, 3.63) is 46.3 Å². The van der Waals surface area contributed by atoms with Gasteiger partial charge in [0.05, 0.1) is 11.1 Å². The van der Waals surface area contributed by atoms with Crippen molar-refractivity contribution in [1.29, 1.82) is 5.26 Å². The van der Waals surface area contributed by atoms with E-state index >= 15 is 0 Å². The summed E-state index contributed by atoms with van der Waals surface area (Å²) < 4.78 is 0. The van der Waals surface area contributed by atoms with E-state index in [2.05, 4.69) is 16.0 Å². The van der Waals surface area contributed by atoms with Crippen LogP contribution in [-0.4, -0.2) is 42.0 Å². The van der Waals surface area contributed by atoms with Crippen LogP contribution in [-0.2, 0) is 0 Å². The molecule has 0 bridgehead atoms. The second-order valence-corrected chi connectivity index (χ2v) is 5.91.